The maximum atomic E-state index is 12.3. The van der Waals surface area contributed by atoms with Gasteiger partial charge in [0.2, 0.25) is 0 Å². The summed E-state index contributed by atoms with van der Waals surface area (Å²) in [6.45, 7) is 2.98. The fraction of sp³-hybridized carbons (Fsp3) is 0.235. The zero-order chi connectivity index (χ0) is 16.2. The summed E-state index contributed by atoms with van der Waals surface area (Å²) in [6, 6.07) is 15.1. The number of hydrogen-bond acceptors (Lipinski definition) is 2. The smallest absolute Gasteiger partial charge is 0.321 e. The molecule has 2 aromatic carbocycles. The molecule has 3 rings (SSSR count). The average Bonchev–Trinajstić information content (AvgIpc) is 2.55. The largest absolute Gasteiger partial charge is 0.368 e. The van der Waals surface area contributed by atoms with Gasteiger partial charge in [0.25, 0.3) is 0 Å². The van der Waals surface area contributed by atoms with Crippen LogP contribution < -0.4 is 10.2 Å². The van der Waals surface area contributed by atoms with E-state index in [0.717, 1.165) is 13.1 Å². The topological polar surface area (TPSA) is 35.6 Å². The molecule has 6 heteroatoms. The molecule has 2 aromatic rings. The Labute approximate surface area is 145 Å². The van der Waals surface area contributed by atoms with Crippen molar-refractivity contribution in [3.05, 3.63) is 58.6 Å². The van der Waals surface area contributed by atoms with Gasteiger partial charge in [-0.3, -0.25) is 0 Å². The van der Waals surface area contributed by atoms with Crippen LogP contribution in [0.4, 0.5) is 16.2 Å². The highest BCUT2D eigenvalue weighted by atomic mass is 35.5. The van der Waals surface area contributed by atoms with Crippen LogP contribution in [0.1, 0.15) is 0 Å². The Balaban J connectivity index is 1.58. The van der Waals surface area contributed by atoms with Crippen molar-refractivity contribution in [1.29, 1.82) is 0 Å². The fourth-order valence-electron chi connectivity index (χ4n) is 2.64. The molecule has 0 unspecified atom stereocenters. The molecule has 4 nitrogen and oxygen atoms in total. The van der Waals surface area contributed by atoms with Crippen LogP contribution in [-0.2, 0) is 0 Å². The van der Waals surface area contributed by atoms with Crippen molar-refractivity contribution in [3.63, 3.8) is 0 Å². The van der Waals surface area contributed by atoms with E-state index in [0.29, 0.717) is 28.8 Å². The van der Waals surface area contributed by atoms with E-state index in [9.17, 15) is 4.79 Å². The number of nitrogens with one attached hydrogen (secondary N) is 1. The SMILES string of the molecule is O=C(Nc1cc(Cl)cc(Cl)c1)N1CCN(c2ccccc2)CC1. The first-order valence-electron chi connectivity index (χ1n) is 7.44. The summed E-state index contributed by atoms with van der Waals surface area (Å²) < 4.78 is 0. The molecule has 1 aliphatic rings. The predicted molar refractivity (Wildman–Crippen MR) is 95.7 cm³/mol. The van der Waals surface area contributed by atoms with Gasteiger partial charge < -0.3 is 15.1 Å². The summed E-state index contributed by atoms with van der Waals surface area (Å²) in [5.41, 5.74) is 1.80. The Morgan fingerprint density at radius 2 is 1.52 bits per heavy atom. The number of para-hydroxylation sites is 1. The summed E-state index contributed by atoms with van der Waals surface area (Å²) >= 11 is 11.9. The molecule has 0 atom stereocenters. The molecule has 1 saturated heterocycles. The number of nitrogens with zero attached hydrogens (tertiary/aromatic N) is 2. The molecule has 1 N–H and O–H groups in total. The van der Waals surface area contributed by atoms with E-state index in [4.69, 9.17) is 23.2 Å². The highest BCUT2D eigenvalue weighted by molar-refractivity contribution is 6.35. The van der Waals surface area contributed by atoms with Gasteiger partial charge in [0.1, 0.15) is 0 Å². The van der Waals surface area contributed by atoms with Crippen LogP contribution in [-0.4, -0.2) is 37.1 Å². The molecule has 120 valence electrons. The van der Waals surface area contributed by atoms with E-state index in [2.05, 4.69) is 22.3 Å². The zero-order valence-corrected chi connectivity index (χ0v) is 14.0. The van der Waals surface area contributed by atoms with Crippen molar-refractivity contribution >= 4 is 40.6 Å². The summed E-state index contributed by atoms with van der Waals surface area (Å²) in [7, 11) is 0. The number of carbonyl (C=O) groups is 1. The van der Waals surface area contributed by atoms with Gasteiger partial charge >= 0.3 is 6.03 Å². The Kier molecular flexibility index (Phi) is 4.94. The lowest BCUT2D eigenvalue weighted by atomic mass is 10.2. The van der Waals surface area contributed by atoms with Crippen molar-refractivity contribution in [1.82, 2.24) is 4.90 Å². The van der Waals surface area contributed by atoms with E-state index in [1.54, 1.807) is 23.1 Å². The van der Waals surface area contributed by atoms with Gasteiger partial charge in [0.05, 0.1) is 0 Å². The van der Waals surface area contributed by atoms with E-state index in [1.807, 2.05) is 18.2 Å². The van der Waals surface area contributed by atoms with Crippen LogP contribution in [0.2, 0.25) is 10.0 Å². The molecule has 0 saturated carbocycles. The minimum absolute atomic E-state index is 0.129. The average molecular weight is 350 g/mol. The highest BCUT2D eigenvalue weighted by Gasteiger charge is 2.21. The van der Waals surface area contributed by atoms with Crippen molar-refractivity contribution in [3.8, 4) is 0 Å². The second-order valence-corrected chi connectivity index (χ2v) is 6.27. The van der Waals surface area contributed by atoms with Crippen molar-refractivity contribution in [2.75, 3.05) is 36.4 Å². The number of rotatable bonds is 2. The fourth-order valence-corrected chi connectivity index (χ4v) is 3.16. The first-order chi connectivity index (χ1) is 11.1. The monoisotopic (exact) mass is 349 g/mol. The van der Waals surface area contributed by atoms with Gasteiger partial charge in [-0.15, -0.1) is 0 Å². The summed E-state index contributed by atoms with van der Waals surface area (Å²) in [4.78, 5) is 16.4. The first kappa shape index (κ1) is 16.0. The first-order valence-corrected chi connectivity index (χ1v) is 8.19. The van der Waals surface area contributed by atoms with Crippen LogP contribution >= 0.6 is 23.2 Å². The predicted octanol–water partition coefficient (Wildman–Crippen LogP) is 4.35. The molecule has 0 aliphatic carbocycles. The summed E-state index contributed by atoms with van der Waals surface area (Å²) in [5.74, 6) is 0. The Morgan fingerprint density at radius 3 is 2.13 bits per heavy atom. The molecule has 1 heterocycles. The van der Waals surface area contributed by atoms with Gasteiger partial charge in [0.15, 0.2) is 0 Å². The summed E-state index contributed by atoms with van der Waals surface area (Å²) in [6.07, 6.45) is 0. The molecule has 2 amide bonds. The standard InChI is InChI=1S/C17H17Cl2N3O/c18-13-10-14(19)12-15(11-13)20-17(23)22-8-6-21(7-9-22)16-4-2-1-3-5-16/h1-5,10-12H,6-9H2,(H,20,23). The lowest BCUT2D eigenvalue weighted by Crippen LogP contribution is -2.50. The number of carbonyl (C=O) groups excluding carboxylic acids is 1. The van der Waals surface area contributed by atoms with Gasteiger partial charge in [-0.25, -0.2) is 4.79 Å². The molecule has 0 radical (unpaired) electrons. The van der Waals surface area contributed by atoms with Gasteiger partial charge in [-0.1, -0.05) is 41.4 Å². The van der Waals surface area contributed by atoms with Crippen molar-refractivity contribution < 1.29 is 4.79 Å². The zero-order valence-electron chi connectivity index (χ0n) is 12.5. The van der Waals surface area contributed by atoms with E-state index in [1.165, 1.54) is 5.69 Å². The van der Waals surface area contributed by atoms with Crippen LogP contribution in [0, 0.1) is 0 Å². The maximum absolute atomic E-state index is 12.3. The van der Waals surface area contributed by atoms with E-state index in [-0.39, 0.29) is 6.03 Å². The molecule has 1 aliphatic heterocycles. The molecule has 0 aromatic heterocycles. The van der Waals surface area contributed by atoms with Crippen molar-refractivity contribution in [2.24, 2.45) is 0 Å². The molecule has 23 heavy (non-hydrogen) atoms. The van der Waals surface area contributed by atoms with Crippen LogP contribution in [0.5, 0.6) is 0 Å². The molecule has 0 spiro atoms. The minimum Gasteiger partial charge on any atom is -0.368 e. The lowest BCUT2D eigenvalue weighted by Gasteiger charge is -2.36. The number of piperazine rings is 1. The normalized spacial score (nSPS) is 14.7. The van der Waals surface area contributed by atoms with Crippen LogP contribution in [0.3, 0.4) is 0 Å². The third kappa shape index (κ3) is 4.09. The Hall–Kier alpha value is -1.91. The lowest BCUT2D eigenvalue weighted by molar-refractivity contribution is 0.208. The van der Waals surface area contributed by atoms with Crippen LogP contribution in [0.15, 0.2) is 48.5 Å². The maximum Gasteiger partial charge on any atom is 0.321 e. The number of benzene rings is 2. The van der Waals surface area contributed by atoms with Crippen molar-refractivity contribution in [2.45, 2.75) is 0 Å². The molecule has 1 fully saturated rings. The van der Waals surface area contributed by atoms with Gasteiger partial charge in [0, 0.05) is 47.6 Å². The van der Waals surface area contributed by atoms with Crippen LogP contribution in [0.25, 0.3) is 0 Å². The number of halogens is 2. The number of hydrogen-bond donors (Lipinski definition) is 1. The quantitative estimate of drug-likeness (QED) is 0.874. The minimum atomic E-state index is -0.129. The van der Waals surface area contributed by atoms with E-state index < -0.39 is 0 Å². The third-order valence-corrected chi connectivity index (χ3v) is 4.24. The molecular weight excluding hydrogens is 333 g/mol. The molecular formula is C17H17Cl2N3O. The third-order valence-electron chi connectivity index (χ3n) is 3.80. The highest BCUT2D eigenvalue weighted by Crippen LogP contribution is 2.23. The number of anilines is 2. The summed E-state index contributed by atoms with van der Waals surface area (Å²) in [5, 5.41) is 3.85. The molecule has 0 bridgehead atoms. The second kappa shape index (κ2) is 7.11. The Morgan fingerprint density at radius 1 is 0.913 bits per heavy atom. The number of amides is 2. The van der Waals surface area contributed by atoms with Gasteiger partial charge in [-0.2, -0.15) is 0 Å². The number of urea groups is 1. The Bertz CT molecular complexity index is 665. The van der Waals surface area contributed by atoms with Gasteiger partial charge in [-0.05, 0) is 30.3 Å². The van der Waals surface area contributed by atoms with E-state index >= 15 is 0 Å². The second-order valence-electron chi connectivity index (χ2n) is 5.40.